The summed E-state index contributed by atoms with van der Waals surface area (Å²) < 4.78 is 15.8. The number of rotatable bonds is 7. The van der Waals surface area contributed by atoms with Crippen LogP contribution in [0.25, 0.3) is 0 Å². The highest BCUT2D eigenvalue weighted by Crippen LogP contribution is 2.13. The molecule has 16 heavy (non-hydrogen) atoms. The normalized spacial score (nSPS) is 23.9. The average Bonchev–Trinajstić information content (AvgIpc) is 2.28. The van der Waals surface area contributed by atoms with Gasteiger partial charge < -0.3 is 14.2 Å². The Balaban J connectivity index is 2.47. The van der Waals surface area contributed by atoms with E-state index < -0.39 is 6.10 Å². The van der Waals surface area contributed by atoms with E-state index in [0.717, 1.165) is 0 Å². The lowest BCUT2D eigenvalue weighted by Crippen LogP contribution is -2.38. The highest BCUT2D eigenvalue weighted by atomic mass is 16.6. The lowest BCUT2D eigenvalue weighted by molar-refractivity contribution is -0.156. The molecule has 4 nitrogen and oxygen atoms in total. The van der Waals surface area contributed by atoms with Crippen molar-refractivity contribution in [3.8, 4) is 0 Å². The monoisotopic (exact) mass is 224 g/mol. The van der Waals surface area contributed by atoms with Gasteiger partial charge in [-0.1, -0.05) is 12.2 Å². The lowest BCUT2D eigenvalue weighted by atomic mass is 10.1. The first-order valence-corrected chi connectivity index (χ1v) is 5.08. The largest absolute Gasteiger partial charge is 0.454 e. The summed E-state index contributed by atoms with van der Waals surface area (Å²) in [5.41, 5.74) is 0. The van der Waals surface area contributed by atoms with Crippen LogP contribution in [0.5, 0.6) is 0 Å². The van der Waals surface area contributed by atoms with Crippen molar-refractivity contribution >= 4 is 5.97 Å². The topological polar surface area (TPSA) is 44.8 Å². The maximum Gasteiger partial charge on any atom is 0.330 e. The molecule has 0 aliphatic carbocycles. The number of ether oxygens (including phenoxy) is 3. The molecule has 1 heterocycles. The fourth-order valence-electron chi connectivity index (χ4n) is 1.29. The first kappa shape index (κ1) is 12.7. The summed E-state index contributed by atoms with van der Waals surface area (Å²) in [4.78, 5) is 11.1. The zero-order chi connectivity index (χ0) is 11.8. The summed E-state index contributed by atoms with van der Waals surface area (Å²) in [7, 11) is 0. The van der Waals surface area contributed by atoms with Crippen molar-refractivity contribution < 1.29 is 19.0 Å². The van der Waals surface area contributed by atoms with E-state index >= 15 is 0 Å². The molecule has 0 aromatic carbocycles. The number of cyclic esters (lactones) is 1. The van der Waals surface area contributed by atoms with Gasteiger partial charge in [0.2, 0.25) is 0 Å². The van der Waals surface area contributed by atoms with Crippen LogP contribution in [0.2, 0.25) is 0 Å². The zero-order valence-corrected chi connectivity index (χ0v) is 9.13. The van der Waals surface area contributed by atoms with Crippen LogP contribution in [0.15, 0.2) is 37.5 Å². The molecule has 0 unspecified atom stereocenters. The fraction of sp³-hybridized carbons (Fsp3) is 0.417. The molecule has 0 aromatic heterocycles. The van der Waals surface area contributed by atoms with Crippen LogP contribution < -0.4 is 0 Å². The smallest absolute Gasteiger partial charge is 0.330 e. The molecule has 0 saturated carbocycles. The van der Waals surface area contributed by atoms with Crippen LogP contribution in [0.4, 0.5) is 0 Å². The molecule has 4 heteroatoms. The third kappa shape index (κ3) is 4.00. The maximum atomic E-state index is 11.1. The summed E-state index contributed by atoms with van der Waals surface area (Å²) in [6.07, 6.45) is 5.64. The molecule has 0 fully saturated rings. The molecule has 1 aliphatic heterocycles. The van der Waals surface area contributed by atoms with E-state index in [1.54, 1.807) is 18.2 Å². The first-order valence-electron chi connectivity index (χ1n) is 5.08. The van der Waals surface area contributed by atoms with Gasteiger partial charge in [-0.05, 0) is 6.08 Å². The third-order valence-corrected chi connectivity index (χ3v) is 1.98. The van der Waals surface area contributed by atoms with E-state index in [1.807, 2.05) is 0 Å². The Bertz CT molecular complexity index is 283. The van der Waals surface area contributed by atoms with E-state index in [2.05, 4.69) is 13.2 Å². The highest BCUT2D eigenvalue weighted by Gasteiger charge is 2.27. The van der Waals surface area contributed by atoms with Gasteiger partial charge in [0.25, 0.3) is 0 Å². The van der Waals surface area contributed by atoms with Crippen molar-refractivity contribution in [2.45, 2.75) is 12.2 Å². The van der Waals surface area contributed by atoms with E-state index in [9.17, 15) is 4.79 Å². The minimum atomic E-state index is -0.405. The molecule has 2 atom stereocenters. The van der Waals surface area contributed by atoms with E-state index in [-0.39, 0.29) is 12.1 Å². The second kappa shape index (κ2) is 6.98. The Hall–Kier alpha value is -1.39. The van der Waals surface area contributed by atoms with Crippen LogP contribution in [0.1, 0.15) is 0 Å². The number of hydrogen-bond acceptors (Lipinski definition) is 4. The van der Waals surface area contributed by atoms with Gasteiger partial charge in [0.05, 0.1) is 19.8 Å². The second-order valence-corrected chi connectivity index (χ2v) is 3.25. The molecule has 0 aromatic rings. The molecule has 0 amide bonds. The lowest BCUT2D eigenvalue weighted by Gasteiger charge is -2.26. The number of carbonyl (C=O) groups excluding carboxylic acids is 1. The molecule has 0 spiro atoms. The summed E-state index contributed by atoms with van der Waals surface area (Å²) in [6.45, 7) is 8.22. The molecule has 0 radical (unpaired) electrons. The molecule has 1 rings (SSSR count). The second-order valence-electron chi connectivity index (χ2n) is 3.25. The predicted octanol–water partition coefficient (Wildman–Crippen LogP) is 1.24. The van der Waals surface area contributed by atoms with Gasteiger partial charge in [-0.3, -0.25) is 0 Å². The van der Waals surface area contributed by atoms with Crippen LogP contribution in [-0.4, -0.2) is 38.0 Å². The minimum absolute atomic E-state index is 0.277. The van der Waals surface area contributed by atoms with Gasteiger partial charge in [0.1, 0.15) is 6.10 Å². The molecule has 88 valence electrons. The average molecular weight is 224 g/mol. The summed E-state index contributed by atoms with van der Waals surface area (Å²) in [5.74, 6) is -0.370. The van der Waals surface area contributed by atoms with Gasteiger partial charge in [0, 0.05) is 6.08 Å². The maximum absolute atomic E-state index is 11.1. The van der Waals surface area contributed by atoms with Gasteiger partial charge in [-0.2, -0.15) is 0 Å². The SMILES string of the molecule is C=CCOC[C@H]1OC(=O)C=C[C@@H]1OCC=C. The van der Waals surface area contributed by atoms with Crippen molar-refractivity contribution in [2.24, 2.45) is 0 Å². The quantitative estimate of drug-likeness (QED) is 0.371. The highest BCUT2D eigenvalue weighted by molar-refractivity contribution is 5.83. The van der Waals surface area contributed by atoms with Crippen molar-refractivity contribution in [3.63, 3.8) is 0 Å². The van der Waals surface area contributed by atoms with Crippen LogP contribution in [0, 0.1) is 0 Å². The van der Waals surface area contributed by atoms with Gasteiger partial charge in [0.15, 0.2) is 6.10 Å². The Labute approximate surface area is 95.2 Å². The predicted molar refractivity (Wildman–Crippen MR) is 60.0 cm³/mol. The Morgan fingerprint density at radius 3 is 2.81 bits per heavy atom. The molecular formula is C12H16O4. The third-order valence-electron chi connectivity index (χ3n) is 1.98. The molecular weight excluding hydrogens is 208 g/mol. The first-order chi connectivity index (χ1) is 7.77. The molecule has 1 aliphatic rings. The summed E-state index contributed by atoms with van der Waals surface area (Å²) in [5, 5.41) is 0. The molecule has 0 N–H and O–H groups in total. The standard InChI is InChI=1S/C12H16O4/c1-3-7-14-9-11-10(15-8-4-2)5-6-12(13)16-11/h3-6,10-11H,1-2,7-9H2/t10-,11+/m0/s1. The summed E-state index contributed by atoms with van der Waals surface area (Å²) in [6, 6.07) is 0. The molecule has 0 bridgehead atoms. The minimum Gasteiger partial charge on any atom is -0.454 e. The number of esters is 1. The van der Waals surface area contributed by atoms with E-state index in [1.165, 1.54) is 6.08 Å². The van der Waals surface area contributed by atoms with Crippen LogP contribution in [-0.2, 0) is 19.0 Å². The Morgan fingerprint density at radius 2 is 2.12 bits per heavy atom. The number of hydrogen-bond donors (Lipinski definition) is 0. The van der Waals surface area contributed by atoms with Crippen molar-refractivity contribution in [1.82, 2.24) is 0 Å². The van der Waals surface area contributed by atoms with Crippen molar-refractivity contribution in [3.05, 3.63) is 37.5 Å². The van der Waals surface area contributed by atoms with Crippen LogP contribution in [0.3, 0.4) is 0 Å². The molecule has 0 saturated heterocycles. The van der Waals surface area contributed by atoms with E-state index in [0.29, 0.717) is 19.8 Å². The number of carbonyl (C=O) groups is 1. The van der Waals surface area contributed by atoms with Crippen molar-refractivity contribution in [2.75, 3.05) is 19.8 Å². The zero-order valence-electron chi connectivity index (χ0n) is 9.13. The van der Waals surface area contributed by atoms with Gasteiger partial charge >= 0.3 is 5.97 Å². The Kier molecular flexibility index (Phi) is 5.53. The fourth-order valence-corrected chi connectivity index (χ4v) is 1.29. The van der Waals surface area contributed by atoms with Crippen LogP contribution >= 0.6 is 0 Å². The van der Waals surface area contributed by atoms with E-state index in [4.69, 9.17) is 14.2 Å². The van der Waals surface area contributed by atoms with Crippen molar-refractivity contribution in [1.29, 1.82) is 0 Å². The van der Waals surface area contributed by atoms with Gasteiger partial charge in [-0.15, -0.1) is 13.2 Å². The summed E-state index contributed by atoms with van der Waals surface area (Å²) >= 11 is 0. The Morgan fingerprint density at radius 1 is 1.38 bits per heavy atom. The van der Waals surface area contributed by atoms with Gasteiger partial charge in [-0.25, -0.2) is 4.79 Å².